The highest BCUT2D eigenvalue weighted by molar-refractivity contribution is 9.10. The number of piperidine rings is 1. The molecular formula is C14H21Br2N3. The second-order valence-corrected chi connectivity index (χ2v) is 7.90. The third kappa shape index (κ3) is 2.54. The highest BCUT2D eigenvalue weighted by Gasteiger charge is 2.40. The Kier molecular flexibility index (Phi) is 4.07. The third-order valence-corrected chi connectivity index (χ3v) is 6.33. The van der Waals surface area contributed by atoms with Crippen LogP contribution >= 0.6 is 31.9 Å². The molecule has 2 saturated heterocycles. The molecule has 19 heavy (non-hydrogen) atoms. The van der Waals surface area contributed by atoms with Crippen LogP contribution in [0.25, 0.3) is 0 Å². The Balaban J connectivity index is 1.81. The molecule has 5 heteroatoms. The molecule has 2 atom stereocenters. The molecule has 0 amide bonds. The maximum atomic E-state index is 4.61. The van der Waals surface area contributed by atoms with Crippen molar-refractivity contribution < 1.29 is 0 Å². The normalized spacial score (nSPS) is 31.1. The number of nitrogens with zero attached hydrogens (tertiary/aromatic N) is 3. The largest absolute Gasteiger partial charge is 0.292 e. The molecule has 2 unspecified atom stereocenters. The first-order valence-electron chi connectivity index (χ1n) is 7.20. The average molecular weight is 391 g/mol. The zero-order valence-electron chi connectivity index (χ0n) is 11.6. The Bertz CT molecular complexity index is 458. The third-order valence-electron chi connectivity index (χ3n) is 4.66. The van der Waals surface area contributed by atoms with Crippen LogP contribution in [0.4, 0.5) is 0 Å². The predicted molar refractivity (Wildman–Crippen MR) is 84.6 cm³/mol. The van der Waals surface area contributed by atoms with Crippen LogP contribution in [0.5, 0.6) is 0 Å². The minimum absolute atomic E-state index is 0.724. The molecule has 1 aromatic heterocycles. The lowest BCUT2D eigenvalue weighted by Gasteiger charge is -2.37. The molecule has 0 aliphatic carbocycles. The Morgan fingerprint density at radius 2 is 1.89 bits per heavy atom. The first-order valence-corrected chi connectivity index (χ1v) is 8.91. The molecule has 2 fully saturated rings. The maximum Gasteiger partial charge on any atom is 0.0767 e. The minimum atomic E-state index is 0.724. The fraction of sp³-hybridized carbons (Fsp3) is 0.786. The highest BCUT2D eigenvalue weighted by Crippen LogP contribution is 2.40. The average Bonchev–Trinajstić information content (AvgIpc) is 2.77. The summed E-state index contributed by atoms with van der Waals surface area (Å²) in [5, 5.41) is 4.61. The molecule has 2 bridgehead atoms. The van der Waals surface area contributed by atoms with E-state index in [0.717, 1.165) is 29.9 Å². The molecule has 0 aromatic carbocycles. The molecule has 3 heterocycles. The number of halogens is 2. The fourth-order valence-corrected chi connectivity index (χ4v) is 5.24. The molecule has 1 aromatic rings. The van der Waals surface area contributed by atoms with Crippen LogP contribution in [0, 0.1) is 0 Å². The molecule has 3 nitrogen and oxygen atoms in total. The lowest BCUT2D eigenvalue weighted by molar-refractivity contribution is 0.133. The van der Waals surface area contributed by atoms with E-state index in [4.69, 9.17) is 0 Å². The number of alkyl halides is 1. The lowest BCUT2D eigenvalue weighted by atomic mass is 10.0. The van der Waals surface area contributed by atoms with E-state index in [1.807, 2.05) is 0 Å². The summed E-state index contributed by atoms with van der Waals surface area (Å²) >= 11 is 7.55. The van der Waals surface area contributed by atoms with Crippen LogP contribution in [0.3, 0.4) is 0 Å². The summed E-state index contributed by atoms with van der Waals surface area (Å²) in [7, 11) is 2.07. The zero-order chi connectivity index (χ0) is 13.6. The fourth-order valence-electron chi connectivity index (χ4n) is 3.63. The van der Waals surface area contributed by atoms with Gasteiger partial charge in [0, 0.05) is 30.5 Å². The van der Waals surface area contributed by atoms with Crippen LogP contribution in [-0.4, -0.2) is 31.6 Å². The molecule has 0 saturated carbocycles. The van der Waals surface area contributed by atoms with Crippen molar-refractivity contribution in [2.45, 2.75) is 62.5 Å². The minimum Gasteiger partial charge on any atom is -0.292 e. The number of fused-ring (bicyclic) bond motifs is 2. The molecular weight excluding hydrogens is 370 g/mol. The van der Waals surface area contributed by atoms with Gasteiger partial charge in [-0.3, -0.25) is 9.58 Å². The van der Waals surface area contributed by atoms with E-state index < -0.39 is 0 Å². The van der Waals surface area contributed by atoms with Gasteiger partial charge in [-0.25, -0.2) is 0 Å². The standard InChI is InChI=1S/C14H21Br2N3/c1-3-12-14(16)13(18(2)17-12)8-19-10-4-5-11(19)7-9(15)6-10/h9-11H,3-8H2,1-2H3. The molecule has 2 aliphatic rings. The number of hydrogen-bond acceptors (Lipinski definition) is 2. The molecule has 0 N–H and O–H groups in total. The molecule has 3 rings (SSSR count). The first-order chi connectivity index (χ1) is 9.10. The molecule has 0 radical (unpaired) electrons. The van der Waals surface area contributed by atoms with Gasteiger partial charge in [0.15, 0.2) is 0 Å². The van der Waals surface area contributed by atoms with Crippen molar-refractivity contribution in [1.82, 2.24) is 14.7 Å². The van der Waals surface area contributed by atoms with Crippen molar-refractivity contribution in [2.24, 2.45) is 7.05 Å². The van der Waals surface area contributed by atoms with Gasteiger partial charge in [0.05, 0.1) is 15.9 Å². The topological polar surface area (TPSA) is 21.1 Å². The Morgan fingerprint density at radius 3 is 2.42 bits per heavy atom. The molecule has 106 valence electrons. The van der Waals surface area contributed by atoms with Gasteiger partial charge >= 0.3 is 0 Å². The Morgan fingerprint density at radius 1 is 1.26 bits per heavy atom. The highest BCUT2D eigenvalue weighted by atomic mass is 79.9. The Hall–Kier alpha value is 0.130. The summed E-state index contributed by atoms with van der Waals surface area (Å²) in [6, 6.07) is 1.52. The summed E-state index contributed by atoms with van der Waals surface area (Å²) < 4.78 is 3.28. The van der Waals surface area contributed by atoms with Crippen LogP contribution in [0.15, 0.2) is 4.47 Å². The van der Waals surface area contributed by atoms with Gasteiger partial charge < -0.3 is 0 Å². The van der Waals surface area contributed by atoms with E-state index in [2.05, 4.69) is 60.5 Å². The van der Waals surface area contributed by atoms with E-state index in [9.17, 15) is 0 Å². The predicted octanol–water partition coefficient (Wildman–Crippen LogP) is 3.64. The van der Waals surface area contributed by atoms with Crippen molar-refractivity contribution in [3.05, 3.63) is 15.9 Å². The van der Waals surface area contributed by atoms with Crippen LogP contribution in [0.1, 0.15) is 44.0 Å². The second-order valence-electron chi connectivity index (χ2n) is 5.81. The van der Waals surface area contributed by atoms with Gasteiger partial charge in [-0.2, -0.15) is 5.10 Å². The van der Waals surface area contributed by atoms with Gasteiger partial charge in [0.25, 0.3) is 0 Å². The van der Waals surface area contributed by atoms with E-state index in [1.54, 1.807) is 0 Å². The van der Waals surface area contributed by atoms with Crippen LogP contribution in [-0.2, 0) is 20.0 Å². The zero-order valence-corrected chi connectivity index (χ0v) is 14.7. The summed E-state index contributed by atoms with van der Waals surface area (Å²) in [5.41, 5.74) is 2.52. The van der Waals surface area contributed by atoms with Crippen molar-refractivity contribution in [1.29, 1.82) is 0 Å². The van der Waals surface area contributed by atoms with E-state index >= 15 is 0 Å². The quantitative estimate of drug-likeness (QED) is 0.734. The maximum absolute atomic E-state index is 4.61. The van der Waals surface area contributed by atoms with Crippen molar-refractivity contribution in [3.63, 3.8) is 0 Å². The lowest BCUT2D eigenvalue weighted by Crippen LogP contribution is -2.42. The van der Waals surface area contributed by atoms with Gasteiger partial charge in [-0.15, -0.1) is 0 Å². The molecule has 0 spiro atoms. The molecule has 2 aliphatic heterocycles. The van der Waals surface area contributed by atoms with Gasteiger partial charge in [-0.05, 0) is 48.0 Å². The second kappa shape index (κ2) is 5.49. The van der Waals surface area contributed by atoms with Crippen molar-refractivity contribution in [2.75, 3.05) is 0 Å². The smallest absolute Gasteiger partial charge is 0.0767 e. The van der Waals surface area contributed by atoms with E-state index in [0.29, 0.717) is 0 Å². The van der Waals surface area contributed by atoms with Crippen LogP contribution < -0.4 is 0 Å². The van der Waals surface area contributed by atoms with Crippen LogP contribution in [0.2, 0.25) is 0 Å². The summed E-state index contributed by atoms with van der Waals surface area (Å²) in [5.74, 6) is 0. The van der Waals surface area contributed by atoms with Gasteiger partial charge in [-0.1, -0.05) is 22.9 Å². The van der Waals surface area contributed by atoms with E-state index in [1.165, 1.54) is 41.5 Å². The van der Waals surface area contributed by atoms with Crippen molar-refractivity contribution in [3.8, 4) is 0 Å². The van der Waals surface area contributed by atoms with Crippen molar-refractivity contribution >= 4 is 31.9 Å². The number of rotatable bonds is 3. The summed E-state index contributed by atoms with van der Waals surface area (Å²) in [6.07, 6.45) is 6.32. The Labute approximate surface area is 132 Å². The van der Waals surface area contributed by atoms with Gasteiger partial charge in [0.2, 0.25) is 0 Å². The number of aryl methyl sites for hydroxylation is 2. The van der Waals surface area contributed by atoms with Gasteiger partial charge in [0.1, 0.15) is 0 Å². The summed E-state index contributed by atoms with van der Waals surface area (Å²) in [6.45, 7) is 3.20. The summed E-state index contributed by atoms with van der Waals surface area (Å²) in [4.78, 5) is 3.43. The SMILES string of the molecule is CCc1nn(C)c(CN2C3CCC2CC(Br)C3)c1Br. The monoisotopic (exact) mass is 389 g/mol. The number of aromatic nitrogens is 2. The number of hydrogen-bond donors (Lipinski definition) is 0. The first kappa shape index (κ1) is 14.1. The van der Waals surface area contributed by atoms with E-state index in [-0.39, 0.29) is 0 Å².